The number of hydrogen-bond acceptors (Lipinski definition) is 4. The predicted octanol–water partition coefficient (Wildman–Crippen LogP) is 2.01. The van der Waals surface area contributed by atoms with Crippen molar-refractivity contribution in [1.29, 1.82) is 0 Å². The molecule has 1 aliphatic heterocycles. The van der Waals surface area contributed by atoms with Gasteiger partial charge in [-0.05, 0) is 24.6 Å². The van der Waals surface area contributed by atoms with Gasteiger partial charge >= 0.3 is 0 Å². The summed E-state index contributed by atoms with van der Waals surface area (Å²) < 4.78 is 0.350. The fourth-order valence-corrected chi connectivity index (χ4v) is 3.56. The number of carbonyl (C=O) groups excluding carboxylic acids is 1. The van der Waals surface area contributed by atoms with Crippen molar-refractivity contribution in [2.75, 3.05) is 18.8 Å². The van der Waals surface area contributed by atoms with Gasteiger partial charge in [0.25, 0.3) is 5.91 Å². The first-order valence-corrected chi connectivity index (χ1v) is 7.95. The van der Waals surface area contributed by atoms with Gasteiger partial charge in [-0.2, -0.15) is 11.8 Å². The molecule has 1 saturated heterocycles. The van der Waals surface area contributed by atoms with Crippen molar-refractivity contribution in [3.8, 4) is 0 Å². The van der Waals surface area contributed by atoms with E-state index in [9.17, 15) is 4.79 Å². The maximum absolute atomic E-state index is 11.8. The molecular formula is C15H23N3OS. The smallest absolute Gasteiger partial charge is 0.265 e. The average Bonchev–Trinajstić information content (AvgIpc) is 2.60. The van der Waals surface area contributed by atoms with Crippen LogP contribution in [0.5, 0.6) is 0 Å². The minimum Gasteiger partial charge on any atom is -0.298 e. The van der Waals surface area contributed by atoms with E-state index in [0.717, 1.165) is 31.0 Å². The Kier molecular flexibility index (Phi) is 5.07. The summed E-state index contributed by atoms with van der Waals surface area (Å²) in [5.74, 6) is 6.17. The number of nitrogens with one attached hydrogen (secondary N) is 1. The van der Waals surface area contributed by atoms with Crippen LogP contribution in [0.3, 0.4) is 0 Å². The molecule has 0 atom stereocenters. The van der Waals surface area contributed by atoms with Crippen molar-refractivity contribution in [2.45, 2.75) is 31.6 Å². The van der Waals surface area contributed by atoms with Gasteiger partial charge in [-0.1, -0.05) is 32.0 Å². The lowest BCUT2D eigenvalue weighted by molar-refractivity contribution is 0.0951. The Morgan fingerprint density at radius 3 is 2.90 bits per heavy atom. The third-order valence-electron chi connectivity index (χ3n) is 3.72. The summed E-state index contributed by atoms with van der Waals surface area (Å²) in [6, 6.07) is 7.68. The maximum Gasteiger partial charge on any atom is 0.265 e. The SMILES string of the molecule is CC1(C)CCN(Cc2ccccc2C(=O)NN)CCS1. The Bertz CT molecular complexity index is 476. The van der Waals surface area contributed by atoms with E-state index in [2.05, 4.69) is 24.2 Å². The molecule has 0 saturated carbocycles. The van der Waals surface area contributed by atoms with E-state index in [1.807, 2.05) is 36.0 Å². The zero-order valence-corrected chi connectivity index (χ0v) is 13.0. The van der Waals surface area contributed by atoms with E-state index in [0.29, 0.717) is 10.3 Å². The summed E-state index contributed by atoms with van der Waals surface area (Å²) >= 11 is 2.03. The van der Waals surface area contributed by atoms with Crippen molar-refractivity contribution >= 4 is 17.7 Å². The van der Waals surface area contributed by atoms with Crippen molar-refractivity contribution < 1.29 is 4.79 Å². The van der Waals surface area contributed by atoms with Gasteiger partial charge in [0, 0.05) is 29.2 Å². The zero-order valence-electron chi connectivity index (χ0n) is 12.2. The third-order valence-corrected chi connectivity index (χ3v) is 5.09. The van der Waals surface area contributed by atoms with Crippen LogP contribution in [0.1, 0.15) is 36.2 Å². The summed E-state index contributed by atoms with van der Waals surface area (Å²) in [4.78, 5) is 14.2. The molecule has 0 aromatic heterocycles. The number of nitrogen functional groups attached to an aromatic ring is 1. The number of hydrogen-bond donors (Lipinski definition) is 2. The molecule has 110 valence electrons. The molecule has 4 nitrogen and oxygen atoms in total. The molecule has 1 amide bonds. The Morgan fingerprint density at radius 2 is 2.15 bits per heavy atom. The van der Waals surface area contributed by atoms with Crippen LogP contribution in [0, 0.1) is 0 Å². The fraction of sp³-hybridized carbons (Fsp3) is 0.533. The number of nitrogens with two attached hydrogens (primary N) is 1. The van der Waals surface area contributed by atoms with Crippen LogP contribution < -0.4 is 11.3 Å². The standard InChI is InChI=1S/C15H23N3OS/c1-15(2)7-8-18(9-10-20-15)11-12-5-3-4-6-13(12)14(19)17-16/h3-6H,7-11,16H2,1-2H3,(H,17,19). The number of benzene rings is 1. The second-order valence-corrected chi connectivity index (χ2v) is 7.57. The van der Waals surface area contributed by atoms with Crippen LogP contribution in [0.25, 0.3) is 0 Å². The number of thioether (sulfide) groups is 1. The maximum atomic E-state index is 11.8. The minimum atomic E-state index is -0.217. The van der Waals surface area contributed by atoms with Crippen LogP contribution >= 0.6 is 11.8 Å². The Morgan fingerprint density at radius 1 is 1.40 bits per heavy atom. The van der Waals surface area contributed by atoms with Crippen LogP contribution in [0.15, 0.2) is 24.3 Å². The third kappa shape index (κ3) is 3.98. The lowest BCUT2D eigenvalue weighted by Gasteiger charge is -2.23. The molecule has 1 aromatic rings. The van der Waals surface area contributed by atoms with E-state index >= 15 is 0 Å². The lowest BCUT2D eigenvalue weighted by Crippen LogP contribution is -2.32. The monoisotopic (exact) mass is 293 g/mol. The minimum absolute atomic E-state index is 0.217. The van der Waals surface area contributed by atoms with Crippen molar-refractivity contribution in [3.05, 3.63) is 35.4 Å². The van der Waals surface area contributed by atoms with Gasteiger partial charge in [-0.3, -0.25) is 15.1 Å². The molecule has 0 aliphatic carbocycles. The van der Waals surface area contributed by atoms with Crippen LogP contribution in [-0.2, 0) is 6.54 Å². The highest BCUT2D eigenvalue weighted by molar-refractivity contribution is 8.00. The van der Waals surface area contributed by atoms with Crippen LogP contribution in [0.2, 0.25) is 0 Å². The zero-order chi connectivity index (χ0) is 14.6. The van der Waals surface area contributed by atoms with Gasteiger partial charge in [0.15, 0.2) is 0 Å². The van der Waals surface area contributed by atoms with Gasteiger partial charge in [-0.15, -0.1) is 0 Å². The fourth-order valence-electron chi connectivity index (χ4n) is 2.42. The van der Waals surface area contributed by atoms with Crippen molar-refractivity contribution in [1.82, 2.24) is 10.3 Å². The lowest BCUT2D eigenvalue weighted by atomic mass is 10.1. The first-order valence-electron chi connectivity index (χ1n) is 6.97. The molecule has 0 radical (unpaired) electrons. The first-order chi connectivity index (χ1) is 9.52. The average molecular weight is 293 g/mol. The molecule has 5 heteroatoms. The highest BCUT2D eigenvalue weighted by atomic mass is 32.2. The highest BCUT2D eigenvalue weighted by Crippen LogP contribution is 2.31. The number of carbonyl (C=O) groups is 1. The van der Waals surface area contributed by atoms with E-state index in [1.165, 1.54) is 6.42 Å². The topological polar surface area (TPSA) is 58.4 Å². The van der Waals surface area contributed by atoms with Crippen LogP contribution in [-0.4, -0.2) is 34.4 Å². The molecule has 1 aromatic carbocycles. The number of rotatable bonds is 3. The largest absolute Gasteiger partial charge is 0.298 e. The molecule has 1 fully saturated rings. The molecule has 1 aliphatic rings. The number of amides is 1. The molecule has 0 bridgehead atoms. The van der Waals surface area contributed by atoms with Gasteiger partial charge in [0.1, 0.15) is 0 Å². The molecule has 3 N–H and O–H groups in total. The van der Waals surface area contributed by atoms with Gasteiger partial charge < -0.3 is 0 Å². The van der Waals surface area contributed by atoms with Crippen molar-refractivity contribution in [2.24, 2.45) is 5.84 Å². The molecule has 0 unspecified atom stereocenters. The highest BCUT2D eigenvalue weighted by Gasteiger charge is 2.24. The summed E-state index contributed by atoms with van der Waals surface area (Å²) in [6.07, 6.45) is 1.17. The molecule has 20 heavy (non-hydrogen) atoms. The second kappa shape index (κ2) is 6.61. The number of hydrazine groups is 1. The van der Waals surface area contributed by atoms with Gasteiger partial charge in [0.2, 0.25) is 0 Å². The normalized spacial score (nSPS) is 19.4. The predicted molar refractivity (Wildman–Crippen MR) is 84.5 cm³/mol. The van der Waals surface area contributed by atoms with E-state index in [4.69, 9.17) is 5.84 Å². The Hall–Kier alpha value is -1.04. The Balaban J connectivity index is 2.08. The quantitative estimate of drug-likeness (QED) is 0.508. The van der Waals surface area contributed by atoms with Crippen molar-refractivity contribution in [3.63, 3.8) is 0 Å². The van der Waals surface area contributed by atoms with Gasteiger partial charge in [0.05, 0.1) is 0 Å². The summed E-state index contributed by atoms with van der Waals surface area (Å²) in [7, 11) is 0. The molecule has 0 spiro atoms. The second-order valence-electron chi connectivity index (χ2n) is 5.76. The summed E-state index contributed by atoms with van der Waals surface area (Å²) in [6.45, 7) is 7.54. The molecular weight excluding hydrogens is 270 g/mol. The molecule has 1 heterocycles. The Labute approximate surface area is 125 Å². The van der Waals surface area contributed by atoms with E-state index < -0.39 is 0 Å². The number of nitrogens with zero attached hydrogens (tertiary/aromatic N) is 1. The van der Waals surface area contributed by atoms with E-state index in [1.54, 1.807) is 0 Å². The summed E-state index contributed by atoms with van der Waals surface area (Å²) in [5, 5.41) is 0. The first kappa shape index (κ1) is 15.4. The molecule has 2 rings (SSSR count). The van der Waals surface area contributed by atoms with E-state index in [-0.39, 0.29) is 5.91 Å². The van der Waals surface area contributed by atoms with Gasteiger partial charge in [-0.25, -0.2) is 5.84 Å². The summed E-state index contributed by atoms with van der Waals surface area (Å²) in [5.41, 5.74) is 3.94. The van der Waals surface area contributed by atoms with Crippen LogP contribution in [0.4, 0.5) is 0 Å².